The van der Waals surface area contributed by atoms with Crippen molar-refractivity contribution in [3.63, 3.8) is 0 Å². The largest absolute Gasteiger partial charge is 0.368 e. The summed E-state index contributed by atoms with van der Waals surface area (Å²) in [4.78, 5) is 29.7. The number of nitrogens with zero attached hydrogens (tertiary/aromatic N) is 1. The van der Waals surface area contributed by atoms with E-state index in [-0.39, 0.29) is 10.8 Å². The number of hydroxylamine groups is 2. The van der Waals surface area contributed by atoms with Gasteiger partial charge in [0.2, 0.25) is 0 Å². The molecular formula is C30H44N2O5S. The number of amides is 1. The molecule has 0 spiro atoms. The molecule has 38 heavy (non-hydrogen) atoms. The summed E-state index contributed by atoms with van der Waals surface area (Å²) in [5.74, 6) is -0.531. The molecule has 0 bridgehead atoms. The van der Waals surface area contributed by atoms with Crippen LogP contribution in [0.25, 0.3) is 0 Å². The molecule has 0 unspecified atom stereocenters. The van der Waals surface area contributed by atoms with Gasteiger partial charge in [-0.1, -0.05) is 89.0 Å². The molecule has 0 saturated heterocycles. The molecule has 7 nitrogen and oxygen atoms in total. The minimum absolute atomic E-state index is 0.0877. The smallest absolute Gasteiger partial charge is 0.322 e. The van der Waals surface area contributed by atoms with E-state index in [0.29, 0.717) is 25.2 Å². The van der Waals surface area contributed by atoms with Crippen molar-refractivity contribution in [2.45, 2.75) is 96.0 Å². The van der Waals surface area contributed by atoms with Crippen LogP contribution in [-0.4, -0.2) is 38.2 Å². The van der Waals surface area contributed by atoms with Gasteiger partial charge in [-0.2, -0.15) is 0 Å². The molecule has 2 aromatic carbocycles. The van der Waals surface area contributed by atoms with Gasteiger partial charge in [-0.15, -0.1) is 5.06 Å². The molecule has 0 atom stereocenters. The Morgan fingerprint density at radius 1 is 0.763 bits per heavy atom. The first-order chi connectivity index (χ1) is 18.2. The Kier molecular flexibility index (Phi) is 14.1. The van der Waals surface area contributed by atoms with E-state index in [9.17, 15) is 18.0 Å². The molecule has 0 fully saturated rings. The number of rotatable bonds is 18. The molecule has 0 aliphatic rings. The van der Waals surface area contributed by atoms with Gasteiger partial charge in [0.25, 0.3) is 5.91 Å². The second kappa shape index (κ2) is 17.0. The van der Waals surface area contributed by atoms with Crippen LogP contribution < -0.4 is 5.32 Å². The Morgan fingerprint density at radius 3 is 1.71 bits per heavy atom. The maximum atomic E-state index is 12.5. The summed E-state index contributed by atoms with van der Waals surface area (Å²) >= 11 is 0. The zero-order valence-electron chi connectivity index (χ0n) is 23.2. The molecule has 0 aromatic heterocycles. The van der Waals surface area contributed by atoms with Gasteiger partial charge < -0.3 is 10.2 Å². The van der Waals surface area contributed by atoms with E-state index in [2.05, 4.69) is 12.2 Å². The monoisotopic (exact) mass is 544 g/mol. The van der Waals surface area contributed by atoms with Crippen LogP contribution in [0.4, 0.5) is 0 Å². The highest BCUT2D eigenvalue weighted by Gasteiger charge is 2.13. The zero-order valence-corrected chi connectivity index (χ0v) is 24.0. The van der Waals surface area contributed by atoms with Crippen LogP contribution in [0.3, 0.4) is 0 Å². The van der Waals surface area contributed by atoms with Crippen LogP contribution >= 0.6 is 0 Å². The van der Waals surface area contributed by atoms with Gasteiger partial charge in [-0.05, 0) is 41.8 Å². The fourth-order valence-corrected chi connectivity index (χ4v) is 4.86. The maximum absolute atomic E-state index is 12.5. The highest BCUT2D eigenvalue weighted by Crippen LogP contribution is 2.15. The summed E-state index contributed by atoms with van der Waals surface area (Å²) in [6, 6.07) is 13.7. The van der Waals surface area contributed by atoms with E-state index in [1.54, 1.807) is 36.4 Å². The number of benzene rings is 2. The van der Waals surface area contributed by atoms with Crippen LogP contribution in [0.1, 0.15) is 99.5 Å². The predicted molar refractivity (Wildman–Crippen MR) is 151 cm³/mol. The molecule has 210 valence electrons. The van der Waals surface area contributed by atoms with Crippen LogP contribution in [0.5, 0.6) is 0 Å². The zero-order chi connectivity index (χ0) is 27.8. The van der Waals surface area contributed by atoms with Crippen LogP contribution in [-0.2, 0) is 32.6 Å². The van der Waals surface area contributed by atoms with Crippen molar-refractivity contribution < 1.29 is 22.8 Å². The molecule has 0 aliphatic heterocycles. The third kappa shape index (κ3) is 12.7. The lowest BCUT2D eigenvalue weighted by molar-refractivity contribution is -0.194. The Bertz CT molecular complexity index is 1080. The molecule has 8 heteroatoms. The van der Waals surface area contributed by atoms with Crippen molar-refractivity contribution >= 4 is 21.7 Å². The van der Waals surface area contributed by atoms with Gasteiger partial charge in [0.15, 0.2) is 9.84 Å². The fourth-order valence-electron chi connectivity index (χ4n) is 4.23. The van der Waals surface area contributed by atoms with Gasteiger partial charge in [0.1, 0.15) is 0 Å². The van der Waals surface area contributed by atoms with E-state index < -0.39 is 15.8 Å². The quantitative estimate of drug-likeness (QED) is 0.177. The fraction of sp³-hybridized carbons (Fsp3) is 0.533. The van der Waals surface area contributed by atoms with Gasteiger partial charge in [-0.3, -0.25) is 9.59 Å². The van der Waals surface area contributed by atoms with E-state index >= 15 is 0 Å². The lowest BCUT2D eigenvalue weighted by atomic mass is 10.1. The summed E-state index contributed by atoms with van der Waals surface area (Å²) in [6.07, 6.45) is 13.8. The first-order valence-electron chi connectivity index (χ1n) is 13.8. The van der Waals surface area contributed by atoms with Gasteiger partial charge in [0, 0.05) is 25.3 Å². The third-order valence-corrected chi connectivity index (χ3v) is 7.49. The predicted octanol–water partition coefficient (Wildman–Crippen LogP) is 6.22. The van der Waals surface area contributed by atoms with Crippen molar-refractivity contribution in [3.05, 3.63) is 65.2 Å². The van der Waals surface area contributed by atoms with Gasteiger partial charge >= 0.3 is 5.97 Å². The highest BCUT2D eigenvalue weighted by molar-refractivity contribution is 7.90. The Hall–Kier alpha value is -2.71. The van der Waals surface area contributed by atoms with Crippen LogP contribution in [0.2, 0.25) is 0 Å². The number of unbranched alkanes of at least 4 members (excludes halogenated alkanes) is 9. The third-order valence-electron chi connectivity index (χ3n) is 6.36. The number of hydrogen-bond donors (Lipinski definition) is 1. The standard InChI is InChI=1S/C30H44N2O5S/c1-4-5-6-7-8-9-10-11-12-13-22-31-30(34)28-18-14-26(15-19-28)23-32(37-25(2)33)24-27-16-20-29(21-17-27)38(3,35)36/h14-21H,4-13,22-24H2,1-3H3,(H,31,34). The normalized spacial score (nSPS) is 11.5. The number of carbonyl (C=O) groups is 2. The molecule has 0 saturated carbocycles. The Balaban J connectivity index is 1.76. The van der Waals surface area contributed by atoms with Crippen molar-refractivity contribution in [1.82, 2.24) is 10.4 Å². The van der Waals surface area contributed by atoms with Gasteiger partial charge in [0.05, 0.1) is 18.0 Å². The summed E-state index contributed by atoms with van der Waals surface area (Å²) in [6.45, 7) is 4.88. The van der Waals surface area contributed by atoms with Crippen molar-refractivity contribution in [2.24, 2.45) is 0 Å². The summed E-state index contributed by atoms with van der Waals surface area (Å²) in [5.41, 5.74) is 2.28. The first-order valence-corrected chi connectivity index (χ1v) is 15.7. The molecule has 1 amide bonds. The number of nitrogens with one attached hydrogen (secondary N) is 1. The summed E-state index contributed by atoms with van der Waals surface area (Å²) < 4.78 is 23.4. The average molecular weight is 545 g/mol. The topological polar surface area (TPSA) is 92.8 Å². The molecular weight excluding hydrogens is 500 g/mol. The number of sulfone groups is 1. The summed E-state index contributed by atoms with van der Waals surface area (Å²) in [5, 5.41) is 4.51. The Morgan fingerprint density at radius 2 is 1.24 bits per heavy atom. The SMILES string of the molecule is CCCCCCCCCCCCNC(=O)c1ccc(CN(Cc2ccc(S(C)(=O)=O)cc2)OC(C)=O)cc1. The van der Waals surface area contributed by atoms with Crippen molar-refractivity contribution in [2.75, 3.05) is 12.8 Å². The number of hydrogen-bond acceptors (Lipinski definition) is 6. The Labute approximate surface area is 228 Å². The molecule has 0 heterocycles. The lowest BCUT2D eigenvalue weighted by Gasteiger charge is -2.21. The molecule has 2 rings (SSSR count). The first kappa shape index (κ1) is 31.5. The van der Waals surface area contributed by atoms with Crippen LogP contribution in [0.15, 0.2) is 53.4 Å². The van der Waals surface area contributed by atoms with Crippen molar-refractivity contribution in [3.8, 4) is 0 Å². The minimum atomic E-state index is -3.27. The molecule has 1 N–H and O–H groups in total. The van der Waals surface area contributed by atoms with Crippen LogP contribution in [0, 0.1) is 0 Å². The van der Waals surface area contributed by atoms with Crippen molar-refractivity contribution in [1.29, 1.82) is 0 Å². The molecule has 0 aliphatic carbocycles. The van der Waals surface area contributed by atoms with E-state index in [0.717, 1.165) is 30.2 Å². The van der Waals surface area contributed by atoms with E-state index in [4.69, 9.17) is 4.84 Å². The average Bonchev–Trinajstić information content (AvgIpc) is 2.87. The lowest BCUT2D eigenvalue weighted by Crippen LogP contribution is -2.26. The minimum Gasteiger partial charge on any atom is -0.368 e. The highest BCUT2D eigenvalue weighted by atomic mass is 32.2. The summed E-state index contributed by atoms with van der Waals surface area (Å²) in [7, 11) is -3.27. The van der Waals surface area contributed by atoms with E-state index in [1.807, 2.05) is 12.1 Å². The molecule has 2 aromatic rings. The van der Waals surface area contributed by atoms with E-state index in [1.165, 1.54) is 63.4 Å². The second-order valence-electron chi connectivity index (χ2n) is 9.93. The van der Waals surface area contributed by atoms with Gasteiger partial charge in [-0.25, -0.2) is 8.42 Å². The maximum Gasteiger partial charge on any atom is 0.322 e. The second-order valence-corrected chi connectivity index (χ2v) is 11.9. The molecule has 0 radical (unpaired) electrons. The number of carbonyl (C=O) groups excluding carboxylic acids is 2.